The van der Waals surface area contributed by atoms with E-state index in [0.29, 0.717) is 15.8 Å². The van der Waals surface area contributed by atoms with E-state index in [0.717, 1.165) is 22.2 Å². The van der Waals surface area contributed by atoms with E-state index in [-0.39, 0.29) is 18.4 Å². The van der Waals surface area contributed by atoms with Crippen LogP contribution in [0.25, 0.3) is 17.0 Å². The van der Waals surface area contributed by atoms with Gasteiger partial charge >= 0.3 is 5.97 Å². The summed E-state index contributed by atoms with van der Waals surface area (Å²) in [6.45, 7) is 4.21. The zero-order chi connectivity index (χ0) is 17.3. The smallest absolute Gasteiger partial charge is 0.325 e. The molecule has 0 bridgehead atoms. The van der Waals surface area contributed by atoms with Gasteiger partial charge in [-0.25, -0.2) is 0 Å². The van der Waals surface area contributed by atoms with Crippen LogP contribution in [0.1, 0.15) is 18.2 Å². The molecule has 1 aliphatic heterocycles. The molecular formula is C17H16N2O3S2. The number of esters is 1. The lowest BCUT2D eigenvalue weighted by atomic mass is 10.1. The predicted octanol–water partition coefficient (Wildman–Crippen LogP) is 3.00. The highest BCUT2D eigenvalue weighted by molar-refractivity contribution is 8.26. The second kappa shape index (κ2) is 6.78. The van der Waals surface area contributed by atoms with Crippen LogP contribution in [-0.2, 0) is 20.9 Å². The molecule has 124 valence electrons. The maximum absolute atomic E-state index is 11.9. The van der Waals surface area contributed by atoms with E-state index in [9.17, 15) is 9.59 Å². The number of nitrogens with zero attached hydrogens (tertiary/aromatic N) is 1. The molecule has 3 rings (SSSR count). The van der Waals surface area contributed by atoms with E-state index >= 15 is 0 Å². The molecule has 1 aromatic heterocycles. The Morgan fingerprint density at radius 1 is 1.42 bits per heavy atom. The summed E-state index contributed by atoms with van der Waals surface area (Å²) in [5.41, 5.74) is 2.75. The number of para-hydroxylation sites is 1. The number of amides is 1. The zero-order valence-electron chi connectivity index (χ0n) is 13.3. The summed E-state index contributed by atoms with van der Waals surface area (Å²) in [5.74, 6) is -0.471. The summed E-state index contributed by atoms with van der Waals surface area (Å²) in [7, 11) is 0. The van der Waals surface area contributed by atoms with Crippen LogP contribution in [0, 0.1) is 6.92 Å². The molecule has 0 atom stereocenters. The lowest BCUT2D eigenvalue weighted by molar-refractivity contribution is -0.143. The number of hydrogen-bond donors (Lipinski definition) is 1. The fourth-order valence-corrected chi connectivity index (χ4v) is 3.76. The number of carbonyl (C=O) groups is 2. The SMILES string of the molecule is CCOC(=O)Cn1c(C)c(/C=C2\SC(=S)NC2=O)c2ccccc21. The molecule has 5 nitrogen and oxygen atoms in total. The molecule has 1 N–H and O–H groups in total. The minimum Gasteiger partial charge on any atom is -0.465 e. The summed E-state index contributed by atoms with van der Waals surface area (Å²) in [6, 6.07) is 7.79. The third-order valence-electron chi connectivity index (χ3n) is 3.79. The number of aromatic nitrogens is 1. The van der Waals surface area contributed by atoms with Crippen LogP contribution in [0.5, 0.6) is 0 Å². The van der Waals surface area contributed by atoms with Crippen molar-refractivity contribution in [3.05, 3.63) is 40.4 Å². The van der Waals surface area contributed by atoms with Gasteiger partial charge in [0.1, 0.15) is 10.9 Å². The van der Waals surface area contributed by atoms with Crippen molar-refractivity contribution in [3.8, 4) is 0 Å². The van der Waals surface area contributed by atoms with E-state index in [2.05, 4.69) is 5.32 Å². The topological polar surface area (TPSA) is 60.3 Å². The first-order chi connectivity index (χ1) is 11.5. The van der Waals surface area contributed by atoms with Crippen molar-refractivity contribution in [1.29, 1.82) is 0 Å². The third-order valence-corrected chi connectivity index (χ3v) is 4.95. The summed E-state index contributed by atoms with van der Waals surface area (Å²) in [4.78, 5) is 24.4. The summed E-state index contributed by atoms with van der Waals surface area (Å²) < 4.78 is 7.43. The fraction of sp³-hybridized carbons (Fsp3) is 0.235. The molecule has 1 saturated heterocycles. The van der Waals surface area contributed by atoms with E-state index in [1.807, 2.05) is 41.8 Å². The van der Waals surface area contributed by atoms with E-state index in [1.54, 1.807) is 6.92 Å². The molecule has 0 unspecified atom stereocenters. The van der Waals surface area contributed by atoms with Crippen LogP contribution >= 0.6 is 24.0 Å². The molecule has 0 spiro atoms. The average molecular weight is 360 g/mol. The normalized spacial score (nSPS) is 16.0. The maximum Gasteiger partial charge on any atom is 0.325 e. The highest BCUT2D eigenvalue weighted by Gasteiger charge is 2.24. The number of fused-ring (bicyclic) bond motifs is 1. The Labute approximate surface area is 149 Å². The van der Waals surface area contributed by atoms with Gasteiger partial charge in [0.25, 0.3) is 5.91 Å². The summed E-state index contributed by atoms with van der Waals surface area (Å²) >= 11 is 6.28. The largest absolute Gasteiger partial charge is 0.465 e. The Balaban J connectivity index is 2.10. The van der Waals surface area contributed by atoms with Crippen LogP contribution < -0.4 is 5.32 Å². The van der Waals surface area contributed by atoms with Crippen LogP contribution in [0.3, 0.4) is 0 Å². The molecule has 1 amide bonds. The number of nitrogens with one attached hydrogen (secondary N) is 1. The number of rotatable bonds is 4. The lowest BCUT2D eigenvalue weighted by Crippen LogP contribution is -2.17. The second-order valence-corrected chi connectivity index (χ2v) is 6.98. The molecule has 2 aromatic rings. The first kappa shape index (κ1) is 16.7. The number of benzene rings is 1. The number of ether oxygens (including phenoxy) is 1. The molecular weight excluding hydrogens is 344 g/mol. The molecule has 1 aromatic carbocycles. The Hall–Kier alpha value is -2.12. The second-order valence-electron chi connectivity index (χ2n) is 5.26. The first-order valence-corrected chi connectivity index (χ1v) is 8.72. The zero-order valence-corrected chi connectivity index (χ0v) is 14.9. The molecule has 0 saturated carbocycles. The van der Waals surface area contributed by atoms with Gasteiger partial charge in [0, 0.05) is 22.2 Å². The van der Waals surface area contributed by atoms with Gasteiger partial charge in [-0.2, -0.15) is 0 Å². The first-order valence-electron chi connectivity index (χ1n) is 7.49. The van der Waals surface area contributed by atoms with Crippen molar-refractivity contribution >= 4 is 57.2 Å². The molecule has 0 aliphatic carbocycles. The number of carbonyl (C=O) groups excluding carboxylic acids is 2. The number of thioether (sulfide) groups is 1. The highest BCUT2D eigenvalue weighted by atomic mass is 32.2. The molecule has 0 radical (unpaired) electrons. The Morgan fingerprint density at radius 2 is 2.17 bits per heavy atom. The van der Waals surface area contributed by atoms with Gasteiger partial charge in [0.05, 0.1) is 11.5 Å². The van der Waals surface area contributed by atoms with Crippen molar-refractivity contribution in [3.63, 3.8) is 0 Å². The van der Waals surface area contributed by atoms with Crippen LogP contribution in [-0.4, -0.2) is 27.4 Å². The van der Waals surface area contributed by atoms with Crippen LogP contribution in [0.4, 0.5) is 0 Å². The van der Waals surface area contributed by atoms with Crippen LogP contribution in [0.2, 0.25) is 0 Å². The van der Waals surface area contributed by atoms with Gasteiger partial charge in [-0.15, -0.1) is 0 Å². The third kappa shape index (κ3) is 3.09. The van der Waals surface area contributed by atoms with E-state index in [4.69, 9.17) is 17.0 Å². The van der Waals surface area contributed by atoms with Crippen molar-refractivity contribution in [2.75, 3.05) is 6.61 Å². The van der Waals surface area contributed by atoms with Crippen LogP contribution in [0.15, 0.2) is 29.2 Å². The minimum atomic E-state index is -0.283. The molecule has 7 heteroatoms. The van der Waals surface area contributed by atoms with Crippen molar-refractivity contribution in [2.24, 2.45) is 0 Å². The Kier molecular flexibility index (Phi) is 4.73. The monoisotopic (exact) mass is 360 g/mol. The molecule has 1 fully saturated rings. The molecule has 2 heterocycles. The van der Waals surface area contributed by atoms with Crippen molar-refractivity contribution < 1.29 is 14.3 Å². The molecule has 1 aliphatic rings. The Bertz CT molecular complexity index is 883. The number of hydrogen-bond acceptors (Lipinski definition) is 5. The fourth-order valence-electron chi connectivity index (χ4n) is 2.73. The van der Waals surface area contributed by atoms with Gasteiger partial charge in [0.15, 0.2) is 0 Å². The predicted molar refractivity (Wildman–Crippen MR) is 99.6 cm³/mol. The summed E-state index contributed by atoms with van der Waals surface area (Å²) in [6.07, 6.45) is 1.83. The standard InChI is InChI=1S/C17H16N2O3S2/c1-3-22-15(20)9-19-10(2)12(11-6-4-5-7-13(11)19)8-14-16(21)18-17(23)24-14/h4-8H,3,9H2,1-2H3,(H,18,21,23)/b14-8-. The van der Waals surface area contributed by atoms with E-state index in [1.165, 1.54) is 11.8 Å². The average Bonchev–Trinajstić information content (AvgIpc) is 2.99. The van der Waals surface area contributed by atoms with Gasteiger partial charge in [0.2, 0.25) is 0 Å². The van der Waals surface area contributed by atoms with Gasteiger partial charge in [-0.05, 0) is 26.0 Å². The van der Waals surface area contributed by atoms with Gasteiger partial charge < -0.3 is 14.6 Å². The Morgan fingerprint density at radius 3 is 2.83 bits per heavy atom. The lowest BCUT2D eigenvalue weighted by Gasteiger charge is -2.07. The van der Waals surface area contributed by atoms with Gasteiger partial charge in [-0.1, -0.05) is 42.2 Å². The summed E-state index contributed by atoms with van der Waals surface area (Å²) in [5, 5.41) is 3.60. The molecule has 24 heavy (non-hydrogen) atoms. The van der Waals surface area contributed by atoms with Crippen molar-refractivity contribution in [2.45, 2.75) is 20.4 Å². The van der Waals surface area contributed by atoms with Gasteiger partial charge in [-0.3, -0.25) is 9.59 Å². The quantitative estimate of drug-likeness (QED) is 0.516. The maximum atomic E-state index is 11.9. The number of thiocarbonyl (C=S) groups is 1. The van der Waals surface area contributed by atoms with E-state index < -0.39 is 0 Å². The highest BCUT2D eigenvalue weighted by Crippen LogP contribution is 2.32. The van der Waals surface area contributed by atoms with Crippen molar-refractivity contribution in [1.82, 2.24) is 9.88 Å². The minimum absolute atomic E-state index is 0.140.